The summed E-state index contributed by atoms with van der Waals surface area (Å²) < 4.78 is 13.9. The lowest BCUT2D eigenvalue weighted by Crippen LogP contribution is -2.16. The van der Waals surface area contributed by atoms with Crippen LogP contribution < -0.4 is 10.2 Å². The molecule has 4 nitrogen and oxygen atoms in total. The Morgan fingerprint density at radius 1 is 1.17 bits per heavy atom. The van der Waals surface area contributed by atoms with Crippen molar-refractivity contribution < 1.29 is 9.18 Å². The number of hydrogen-bond donors (Lipinski definition) is 1. The molecule has 1 N–H and O–H groups in total. The number of carbonyl (C=O) groups excluding carboxylic acids is 1. The predicted molar refractivity (Wildman–Crippen MR) is 93.3 cm³/mol. The topological polar surface area (TPSA) is 45.2 Å². The molecular weight excluding hydrogens is 333 g/mol. The van der Waals surface area contributed by atoms with Crippen molar-refractivity contribution in [2.24, 2.45) is 0 Å². The zero-order valence-corrected chi connectivity index (χ0v) is 13.8. The van der Waals surface area contributed by atoms with Crippen molar-refractivity contribution >= 4 is 48.9 Å². The van der Waals surface area contributed by atoms with Crippen LogP contribution in [0.2, 0.25) is 0 Å². The third-order valence-electron chi connectivity index (χ3n) is 3.78. The number of amides is 1. The molecule has 1 aliphatic heterocycles. The molecule has 118 valence electrons. The quantitative estimate of drug-likeness (QED) is 0.766. The first-order chi connectivity index (χ1) is 11.2. The summed E-state index contributed by atoms with van der Waals surface area (Å²) in [7, 11) is 0. The Bertz CT molecular complexity index is 818. The van der Waals surface area contributed by atoms with Gasteiger partial charge in [0, 0.05) is 18.8 Å². The number of fused-ring (bicyclic) bond motifs is 1. The minimum atomic E-state index is -0.321. The molecule has 0 spiro atoms. The average molecular weight is 347 g/mol. The molecule has 23 heavy (non-hydrogen) atoms. The number of thiazole rings is 1. The first-order valence-corrected chi connectivity index (χ1v) is 9.04. The molecule has 0 atom stereocenters. The van der Waals surface area contributed by atoms with Crippen LogP contribution >= 0.6 is 22.7 Å². The lowest BCUT2D eigenvalue weighted by atomic mass is 10.3. The van der Waals surface area contributed by atoms with E-state index in [1.54, 1.807) is 23.5 Å². The molecule has 0 saturated carbocycles. The van der Waals surface area contributed by atoms with Gasteiger partial charge in [0.25, 0.3) is 5.91 Å². The summed E-state index contributed by atoms with van der Waals surface area (Å²) in [6.45, 7) is 2.14. The van der Waals surface area contributed by atoms with Crippen LogP contribution in [0.3, 0.4) is 0 Å². The summed E-state index contributed by atoms with van der Waals surface area (Å²) in [4.78, 5) is 20.8. The number of nitrogens with zero attached hydrogens (tertiary/aromatic N) is 2. The van der Waals surface area contributed by atoms with E-state index in [0.717, 1.165) is 27.8 Å². The van der Waals surface area contributed by atoms with Gasteiger partial charge in [-0.05, 0) is 43.2 Å². The second-order valence-electron chi connectivity index (χ2n) is 5.43. The van der Waals surface area contributed by atoms with Crippen LogP contribution in [0.1, 0.15) is 22.5 Å². The van der Waals surface area contributed by atoms with Gasteiger partial charge in [-0.15, -0.1) is 11.3 Å². The number of carbonyl (C=O) groups is 1. The SMILES string of the molecule is O=C(Nc1ccc(F)cc1)c1cc2sc(N3CCCC3)nc2s1. The molecule has 1 amide bonds. The van der Waals surface area contributed by atoms with Gasteiger partial charge in [0.05, 0.1) is 9.58 Å². The standard InChI is InChI=1S/C16H14FN3OS2/c17-10-3-5-11(6-4-10)18-14(21)12-9-13-15(22-12)19-16(23-13)20-7-1-2-8-20/h3-6,9H,1-2,7-8H2,(H,18,21). The van der Waals surface area contributed by atoms with Crippen LogP contribution in [-0.2, 0) is 0 Å². The van der Waals surface area contributed by atoms with Crippen molar-refractivity contribution in [1.29, 1.82) is 0 Å². The molecule has 0 bridgehead atoms. The van der Waals surface area contributed by atoms with Crippen molar-refractivity contribution in [3.8, 4) is 0 Å². The number of anilines is 2. The van der Waals surface area contributed by atoms with E-state index < -0.39 is 0 Å². The highest BCUT2D eigenvalue weighted by molar-refractivity contribution is 7.29. The molecule has 1 aromatic carbocycles. The van der Waals surface area contributed by atoms with Gasteiger partial charge in [0.2, 0.25) is 0 Å². The summed E-state index contributed by atoms with van der Waals surface area (Å²) in [6.07, 6.45) is 2.44. The molecule has 3 heterocycles. The largest absolute Gasteiger partial charge is 0.348 e. The number of nitrogens with one attached hydrogen (secondary N) is 1. The summed E-state index contributed by atoms with van der Waals surface area (Å²) in [5, 5.41) is 3.83. The van der Waals surface area contributed by atoms with Crippen LogP contribution in [-0.4, -0.2) is 24.0 Å². The van der Waals surface area contributed by atoms with Gasteiger partial charge in [0.1, 0.15) is 10.6 Å². The minimum absolute atomic E-state index is 0.186. The molecule has 2 aromatic heterocycles. The predicted octanol–water partition coefficient (Wildman–Crippen LogP) is 4.35. The Hall–Kier alpha value is -1.99. The first kappa shape index (κ1) is 14.6. The van der Waals surface area contributed by atoms with Gasteiger partial charge in [-0.3, -0.25) is 4.79 Å². The zero-order chi connectivity index (χ0) is 15.8. The summed E-state index contributed by atoms with van der Waals surface area (Å²) in [5.74, 6) is -0.507. The zero-order valence-electron chi connectivity index (χ0n) is 12.2. The lowest BCUT2D eigenvalue weighted by molar-refractivity contribution is 0.103. The highest BCUT2D eigenvalue weighted by atomic mass is 32.1. The fourth-order valence-corrected chi connectivity index (χ4v) is 4.76. The second kappa shape index (κ2) is 5.90. The second-order valence-corrected chi connectivity index (χ2v) is 7.47. The van der Waals surface area contributed by atoms with E-state index in [9.17, 15) is 9.18 Å². The van der Waals surface area contributed by atoms with E-state index in [1.165, 1.54) is 36.3 Å². The highest BCUT2D eigenvalue weighted by Gasteiger charge is 2.19. The maximum Gasteiger partial charge on any atom is 0.265 e. The van der Waals surface area contributed by atoms with Crippen LogP contribution in [0.4, 0.5) is 15.2 Å². The molecule has 0 unspecified atom stereocenters. The van der Waals surface area contributed by atoms with Gasteiger partial charge in [-0.25, -0.2) is 9.37 Å². The third-order valence-corrected chi connectivity index (χ3v) is 6.00. The van der Waals surface area contributed by atoms with E-state index in [-0.39, 0.29) is 11.7 Å². The molecule has 0 radical (unpaired) electrons. The molecule has 0 aliphatic carbocycles. The number of rotatable bonds is 3. The van der Waals surface area contributed by atoms with Gasteiger partial charge in [0.15, 0.2) is 5.13 Å². The number of hydrogen-bond acceptors (Lipinski definition) is 5. The van der Waals surface area contributed by atoms with E-state index in [0.29, 0.717) is 10.6 Å². The van der Waals surface area contributed by atoms with Gasteiger partial charge in [-0.2, -0.15) is 0 Å². The summed E-state index contributed by atoms with van der Waals surface area (Å²) in [6, 6.07) is 7.63. The number of halogens is 1. The number of thiophene rings is 1. The normalized spacial score (nSPS) is 14.6. The summed E-state index contributed by atoms with van der Waals surface area (Å²) in [5.41, 5.74) is 0.582. The molecule has 7 heteroatoms. The van der Waals surface area contributed by atoms with Gasteiger partial charge in [-0.1, -0.05) is 11.3 Å². The van der Waals surface area contributed by atoms with Crippen molar-refractivity contribution in [3.63, 3.8) is 0 Å². The van der Waals surface area contributed by atoms with Crippen LogP contribution in [0, 0.1) is 5.82 Å². The van der Waals surface area contributed by atoms with Gasteiger partial charge >= 0.3 is 0 Å². The minimum Gasteiger partial charge on any atom is -0.348 e. The van der Waals surface area contributed by atoms with E-state index in [4.69, 9.17) is 0 Å². The van der Waals surface area contributed by atoms with E-state index in [1.807, 2.05) is 6.07 Å². The summed E-state index contributed by atoms with van der Waals surface area (Å²) >= 11 is 3.03. The Balaban J connectivity index is 1.53. The fraction of sp³-hybridized carbons (Fsp3) is 0.250. The highest BCUT2D eigenvalue weighted by Crippen LogP contribution is 2.36. The van der Waals surface area contributed by atoms with Crippen molar-refractivity contribution in [2.45, 2.75) is 12.8 Å². The Labute approximate surface area is 140 Å². The van der Waals surface area contributed by atoms with Gasteiger partial charge < -0.3 is 10.2 Å². The van der Waals surface area contributed by atoms with Crippen molar-refractivity contribution in [2.75, 3.05) is 23.3 Å². The van der Waals surface area contributed by atoms with Crippen LogP contribution in [0.25, 0.3) is 9.53 Å². The van der Waals surface area contributed by atoms with Crippen LogP contribution in [0.15, 0.2) is 30.3 Å². The monoisotopic (exact) mass is 347 g/mol. The molecule has 4 rings (SSSR count). The molecule has 1 saturated heterocycles. The molecular formula is C16H14FN3OS2. The van der Waals surface area contributed by atoms with E-state index >= 15 is 0 Å². The van der Waals surface area contributed by atoms with Crippen LogP contribution in [0.5, 0.6) is 0 Å². The lowest BCUT2D eigenvalue weighted by Gasteiger charge is -2.11. The Morgan fingerprint density at radius 3 is 2.61 bits per heavy atom. The molecule has 3 aromatic rings. The third kappa shape index (κ3) is 2.94. The molecule has 1 fully saturated rings. The maximum atomic E-state index is 12.9. The average Bonchev–Trinajstić information content (AvgIpc) is 3.24. The maximum absolute atomic E-state index is 12.9. The number of aromatic nitrogens is 1. The first-order valence-electron chi connectivity index (χ1n) is 7.41. The van der Waals surface area contributed by atoms with E-state index in [2.05, 4.69) is 15.2 Å². The fourth-order valence-electron chi connectivity index (χ4n) is 2.61. The smallest absolute Gasteiger partial charge is 0.265 e. The molecule has 1 aliphatic rings. The Morgan fingerprint density at radius 2 is 1.91 bits per heavy atom. The Kier molecular flexibility index (Phi) is 3.74. The van der Waals surface area contributed by atoms with Crippen molar-refractivity contribution in [3.05, 3.63) is 41.0 Å². The number of benzene rings is 1. The van der Waals surface area contributed by atoms with Crippen molar-refractivity contribution in [1.82, 2.24) is 4.98 Å².